The lowest BCUT2D eigenvalue weighted by Crippen LogP contribution is -1.90. The zero-order valence-corrected chi connectivity index (χ0v) is 9.59. The molecule has 0 unspecified atom stereocenters. The van der Waals surface area contributed by atoms with E-state index in [9.17, 15) is 0 Å². The normalized spacial score (nSPS) is 10.3. The Morgan fingerprint density at radius 3 is 2.87 bits per heavy atom. The van der Waals surface area contributed by atoms with Gasteiger partial charge in [0.1, 0.15) is 5.15 Å². The van der Waals surface area contributed by atoms with Crippen LogP contribution in [0.15, 0.2) is 35.7 Å². The molecule has 0 saturated carbocycles. The minimum atomic E-state index is 0.452. The number of aromatic nitrogens is 3. The van der Waals surface area contributed by atoms with Crippen LogP contribution in [0.5, 0.6) is 0 Å². The van der Waals surface area contributed by atoms with E-state index in [4.69, 9.17) is 11.6 Å². The molecule has 0 spiro atoms. The van der Waals surface area contributed by atoms with Crippen molar-refractivity contribution in [3.63, 3.8) is 0 Å². The van der Waals surface area contributed by atoms with Crippen molar-refractivity contribution in [1.82, 2.24) is 15.0 Å². The summed E-state index contributed by atoms with van der Waals surface area (Å²) in [4.78, 5) is 12.5. The van der Waals surface area contributed by atoms with Crippen LogP contribution in [-0.2, 0) is 0 Å². The van der Waals surface area contributed by atoms with Gasteiger partial charge in [0.05, 0.1) is 5.69 Å². The van der Waals surface area contributed by atoms with E-state index in [2.05, 4.69) is 15.0 Å². The quantitative estimate of drug-likeness (QED) is 0.457. The van der Waals surface area contributed by atoms with Gasteiger partial charge in [-0.2, -0.15) is 0 Å². The standard InChI is InChI=1S/C10H8ClN3S/c1-15-10-13-8(5-9(11)14-10)7-3-2-4-12-6-7/h2-6H,1H3. The summed E-state index contributed by atoms with van der Waals surface area (Å²) in [6.07, 6.45) is 5.39. The number of hydrogen-bond donors (Lipinski definition) is 0. The molecule has 5 heteroatoms. The third-order valence-electron chi connectivity index (χ3n) is 1.81. The smallest absolute Gasteiger partial charge is 0.189 e. The highest BCUT2D eigenvalue weighted by molar-refractivity contribution is 7.98. The maximum absolute atomic E-state index is 5.89. The van der Waals surface area contributed by atoms with Gasteiger partial charge in [-0.15, -0.1) is 0 Å². The van der Waals surface area contributed by atoms with E-state index in [1.54, 1.807) is 18.5 Å². The lowest BCUT2D eigenvalue weighted by Gasteiger charge is -2.02. The number of rotatable bonds is 2. The van der Waals surface area contributed by atoms with Crippen molar-refractivity contribution in [2.24, 2.45) is 0 Å². The number of nitrogens with zero attached hydrogens (tertiary/aromatic N) is 3. The molecule has 0 aliphatic heterocycles. The summed E-state index contributed by atoms with van der Waals surface area (Å²) in [6.45, 7) is 0. The largest absolute Gasteiger partial charge is 0.264 e. The SMILES string of the molecule is CSc1nc(Cl)cc(-c2cccnc2)n1. The Balaban J connectivity index is 2.49. The van der Waals surface area contributed by atoms with E-state index in [0.717, 1.165) is 11.3 Å². The topological polar surface area (TPSA) is 38.7 Å². The summed E-state index contributed by atoms with van der Waals surface area (Å²) < 4.78 is 0. The summed E-state index contributed by atoms with van der Waals surface area (Å²) in [7, 11) is 0. The highest BCUT2D eigenvalue weighted by atomic mass is 35.5. The number of pyridine rings is 1. The first-order valence-corrected chi connectivity index (χ1v) is 5.89. The molecule has 0 radical (unpaired) electrons. The van der Waals surface area contributed by atoms with E-state index in [-0.39, 0.29) is 0 Å². The second-order valence-electron chi connectivity index (χ2n) is 2.80. The summed E-state index contributed by atoms with van der Waals surface area (Å²) >= 11 is 7.36. The fourth-order valence-electron chi connectivity index (χ4n) is 1.15. The van der Waals surface area contributed by atoms with Crippen molar-refractivity contribution < 1.29 is 0 Å². The Morgan fingerprint density at radius 2 is 2.20 bits per heavy atom. The molecular formula is C10H8ClN3S. The molecule has 2 rings (SSSR count). The molecule has 3 nitrogen and oxygen atoms in total. The second-order valence-corrected chi connectivity index (χ2v) is 3.96. The Labute approximate surface area is 96.9 Å². The molecule has 2 heterocycles. The van der Waals surface area contributed by atoms with Gasteiger partial charge < -0.3 is 0 Å². The highest BCUT2D eigenvalue weighted by Crippen LogP contribution is 2.21. The summed E-state index contributed by atoms with van der Waals surface area (Å²) in [6, 6.07) is 5.54. The molecule has 0 aromatic carbocycles. The monoisotopic (exact) mass is 237 g/mol. The summed E-state index contributed by atoms with van der Waals surface area (Å²) in [5, 5.41) is 1.12. The molecule has 0 aliphatic carbocycles. The predicted octanol–water partition coefficient (Wildman–Crippen LogP) is 2.91. The van der Waals surface area contributed by atoms with Crippen LogP contribution in [0.4, 0.5) is 0 Å². The van der Waals surface area contributed by atoms with Gasteiger partial charge >= 0.3 is 0 Å². The molecule has 0 bridgehead atoms. The van der Waals surface area contributed by atoms with Gasteiger partial charge in [-0.1, -0.05) is 23.4 Å². The molecule has 2 aromatic rings. The van der Waals surface area contributed by atoms with Crippen molar-refractivity contribution in [1.29, 1.82) is 0 Å². The van der Waals surface area contributed by atoms with Crippen molar-refractivity contribution in [2.75, 3.05) is 6.26 Å². The van der Waals surface area contributed by atoms with E-state index < -0.39 is 0 Å². The number of thioether (sulfide) groups is 1. The van der Waals surface area contributed by atoms with Crippen LogP contribution in [0.2, 0.25) is 5.15 Å². The maximum Gasteiger partial charge on any atom is 0.189 e. The fourth-order valence-corrected chi connectivity index (χ4v) is 1.76. The summed E-state index contributed by atoms with van der Waals surface area (Å²) in [5.74, 6) is 0. The average Bonchev–Trinajstić information content (AvgIpc) is 2.29. The highest BCUT2D eigenvalue weighted by Gasteiger charge is 2.04. The van der Waals surface area contributed by atoms with Gasteiger partial charge in [-0.25, -0.2) is 9.97 Å². The van der Waals surface area contributed by atoms with Crippen molar-refractivity contribution in [3.8, 4) is 11.3 Å². The molecule has 0 fully saturated rings. The van der Waals surface area contributed by atoms with Gasteiger partial charge in [0.15, 0.2) is 5.16 Å². The van der Waals surface area contributed by atoms with E-state index in [0.29, 0.717) is 10.3 Å². The van der Waals surface area contributed by atoms with Crippen molar-refractivity contribution >= 4 is 23.4 Å². The van der Waals surface area contributed by atoms with Gasteiger partial charge in [0, 0.05) is 24.0 Å². The van der Waals surface area contributed by atoms with E-state index in [1.807, 2.05) is 18.4 Å². The molecule has 15 heavy (non-hydrogen) atoms. The van der Waals surface area contributed by atoms with Crippen LogP contribution in [0.3, 0.4) is 0 Å². The first kappa shape index (κ1) is 10.4. The van der Waals surface area contributed by atoms with Gasteiger partial charge in [-0.3, -0.25) is 4.98 Å². The van der Waals surface area contributed by atoms with Crippen molar-refractivity contribution in [2.45, 2.75) is 5.16 Å². The summed E-state index contributed by atoms with van der Waals surface area (Å²) in [5.41, 5.74) is 1.74. The third-order valence-corrected chi connectivity index (χ3v) is 2.56. The van der Waals surface area contributed by atoms with Crippen LogP contribution in [-0.4, -0.2) is 21.2 Å². The number of hydrogen-bond acceptors (Lipinski definition) is 4. The molecule has 0 amide bonds. The molecule has 0 N–H and O–H groups in total. The molecular weight excluding hydrogens is 230 g/mol. The van der Waals surface area contributed by atoms with Gasteiger partial charge in [0.25, 0.3) is 0 Å². The minimum absolute atomic E-state index is 0.452. The van der Waals surface area contributed by atoms with E-state index >= 15 is 0 Å². The minimum Gasteiger partial charge on any atom is -0.264 e. The molecule has 0 aliphatic rings. The molecule has 0 saturated heterocycles. The molecule has 2 aromatic heterocycles. The van der Waals surface area contributed by atoms with Crippen LogP contribution < -0.4 is 0 Å². The lowest BCUT2D eigenvalue weighted by molar-refractivity contribution is 0.976. The first-order chi connectivity index (χ1) is 7.29. The molecule has 76 valence electrons. The van der Waals surface area contributed by atoms with Crippen LogP contribution >= 0.6 is 23.4 Å². The van der Waals surface area contributed by atoms with Crippen LogP contribution in [0.1, 0.15) is 0 Å². The maximum atomic E-state index is 5.89. The Hall–Kier alpha value is -1.13. The first-order valence-electron chi connectivity index (χ1n) is 4.28. The van der Waals surface area contributed by atoms with Gasteiger partial charge in [-0.05, 0) is 18.4 Å². The zero-order valence-electron chi connectivity index (χ0n) is 8.01. The van der Waals surface area contributed by atoms with Gasteiger partial charge in [0.2, 0.25) is 0 Å². The van der Waals surface area contributed by atoms with Crippen molar-refractivity contribution in [3.05, 3.63) is 35.7 Å². The Morgan fingerprint density at radius 1 is 1.33 bits per heavy atom. The average molecular weight is 238 g/mol. The molecule has 0 atom stereocenters. The number of halogens is 1. The third kappa shape index (κ3) is 2.46. The Kier molecular flexibility index (Phi) is 3.18. The Bertz CT molecular complexity index is 461. The lowest BCUT2D eigenvalue weighted by atomic mass is 10.2. The predicted molar refractivity (Wildman–Crippen MR) is 62.1 cm³/mol. The van der Waals surface area contributed by atoms with Crippen LogP contribution in [0, 0.1) is 0 Å². The fraction of sp³-hybridized carbons (Fsp3) is 0.100. The second kappa shape index (κ2) is 4.59. The van der Waals surface area contributed by atoms with Crippen LogP contribution in [0.25, 0.3) is 11.3 Å². The van der Waals surface area contributed by atoms with E-state index in [1.165, 1.54) is 11.8 Å². The zero-order chi connectivity index (χ0) is 10.7.